The Morgan fingerprint density at radius 2 is 2.00 bits per heavy atom. The second-order valence-electron chi connectivity index (χ2n) is 6.18. The first-order chi connectivity index (χ1) is 13.0. The average Bonchev–Trinajstić information content (AvgIpc) is 3.40. The SMILES string of the molecule is NC(=O)C1CCCN1C(=O)c1nc(-c2cccs2)n(-c2ccc(F)cc2)n1. The largest absolute Gasteiger partial charge is 0.368 e. The van der Waals surface area contributed by atoms with Crippen molar-refractivity contribution in [2.24, 2.45) is 5.73 Å². The fraction of sp³-hybridized carbons (Fsp3) is 0.222. The Hall–Kier alpha value is -3.07. The third kappa shape index (κ3) is 3.21. The topological polar surface area (TPSA) is 94.1 Å². The first kappa shape index (κ1) is 17.3. The number of hydrogen-bond donors (Lipinski definition) is 1. The van der Waals surface area contributed by atoms with Gasteiger partial charge in [-0.3, -0.25) is 9.59 Å². The molecule has 4 rings (SSSR count). The average molecular weight is 385 g/mol. The first-order valence-corrected chi connectivity index (χ1v) is 9.30. The van der Waals surface area contributed by atoms with E-state index in [-0.39, 0.29) is 11.6 Å². The van der Waals surface area contributed by atoms with Crippen LogP contribution in [0, 0.1) is 5.82 Å². The first-order valence-electron chi connectivity index (χ1n) is 8.42. The number of nitrogens with two attached hydrogens (primary N) is 1. The normalized spacial score (nSPS) is 16.6. The molecule has 1 saturated heterocycles. The lowest BCUT2D eigenvalue weighted by atomic mass is 10.2. The van der Waals surface area contributed by atoms with E-state index >= 15 is 0 Å². The smallest absolute Gasteiger partial charge is 0.294 e. The molecule has 1 aliphatic heterocycles. The predicted octanol–water partition coefficient (Wildman–Crippen LogP) is 2.22. The van der Waals surface area contributed by atoms with Gasteiger partial charge >= 0.3 is 0 Å². The van der Waals surface area contributed by atoms with E-state index in [0.717, 1.165) is 4.88 Å². The number of carbonyl (C=O) groups is 2. The van der Waals surface area contributed by atoms with Crippen molar-refractivity contribution in [1.29, 1.82) is 0 Å². The molecule has 27 heavy (non-hydrogen) atoms. The molecule has 1 unspecified atom stereocenters. The van der Waals surface area contributed by atoms with Crippen LogP contribution in [0.5, 0.6) is 0 Å². The molecule has 7 nitrogen and oxygen atoms in total. The Kier molecular flexibility index (Phi) is 4.44. The number of hydrogen-bond acceptors (Lipinski definition) is 5. The third-order valence-corrected chi connectivity index (χ3v) is 5.32. The fourth-order valence-corrected chi connectivity index (χ4v) is 3.86. The van der Waals surface area contributed by atoms with Gasteiger partial charge in [0, 0.05) is 6.54 Å². The quantitative estimate of drug-likeness (QED) is 0.745. The van der Waals surface area contributed by atoms with E-state index in [2.05, 4.69) is 10.1 Å². The van der Waals surface area contributed by atoms with Crippen molar-refractivity contribution in [2.75, 3.05) is 6.54 Å². The molecule has 1 atom stereocenters. The highest BCUT2D eigenvalue weighted by Gasteiger charge is 2.35. The Labute approximate surface area is 158 Å². The summed E-state index contributed by atoms with van der Waals surface area (Å²) in [5.74, 6) is -0.868. The van der Waals surface area contributed by atoms with E-state index in [0.29, 0.717) is 30.9 Å². The summed E-state index contributed by atoms with van der Waals surface area (Å²) in [7, 11) is 0. The Balaban J connectivity index is 1.76. The Bertz CT molecular complexity index is 984. The lowest BCUT2D eigenvalue weighted by molar-refractivity contribution is -0.121. The van der Waals surface area contributed by atoms with Gasteiger partial charge in [-0.1, -0.05) is 6.07 Å². The minimum absolute atomic E-state index is 0.0177. The van der Waals surface area contributed by atoms with Crippen LogP contribution in [-0.4, -0.2) is 44.1 Å². The zero-order valence-electron chi connectivity index (χ0n) is 14.2. The number of likely N-dealkylation sites (tertiary alicyclic amines) is 1. The molecule has 1 fully saturated rings. The summed E-state index contributed by atoms with van der Waals surface area (Å²) in [6, 6.07) is 8.87. The van der Waals surface area contributed by atoms with Crippen LogP contribution in [0.4, 0.5) is 4.39 Å². The number of benzene rings is 1. The van der Waals surface area contributed by atoms with E-state index in [9.17, 15) is 14.0 Å². The maximum atomic E-state index is 13.3. The lowest BCUT2D eigenvalue weighted by Gasteiger charge is -2.20. The fourth-order valence-electron chi connectivity index (χ4n) is 3.16. The number of thiophene rings is 1. The number of nitrogens with zero attached hydrogens (tertiary/aromatic N) is 4. The van der Waals surface area contributed by atoms with Gasteiger partial charge < -0.3 is 10.6 Å². The molecule has 2 N–H and O–H groups in total. The highest BCUT2D eigenvalue weighted by molar-refractivity contribution is 7.13. The zero-order chi connectivity index (χ0) is 19.0. The van der Waals surface area contributed by atoms with Gasteiger partial charge in [-0.25, -0.2) is 14.1 Å². The van der Waals surface area contributed by atoms with Crippen LogP contribution in [0.3, 0.4) is 0 Å². The molecule has 3 heterocycles. The van der Waals surface area contributed by atoms with Crippen molar-refractivity contribution in [3.05, 3.63) is 53.4 Å². The van der Waals surface area contributed by atoms with Gasteiger partial charge in [0.05, 0.1) is 10.6 Å². The van der Waals surface area contributed by atoms with E-state index in [1.807, 2.05) is 17.5 Å². The summed E-state index contributed by atoms with van der Waals surface area (Å²) >= 11 is 1.45. The minimum atomic E-state index is -0.638. The van der Waals surface area contributed by atoms with Crippen molar-refractivity contribution in [3.8, 4) is 16.4 Å². The molecule has 0 spiro atoms. The van der Waals surface area contributed by atoms with Crippen LogP contribution in [0.2, 0.25) is 0 Å². The highest BCUT2D eigenvalue weighted by atomic mass is 32.1. The van der Waals surface area contributed by atoms with Crippen LogP contribution in [0.1, 0.15) is 23.5 Å². The summed E-state index contributed by atoms with van der Waals surface area (Å²) in [4.78, 5) is 31.2. The number of primary amides is 1. The van der Waals surface area contributed by atoms with Gasteiger partial charge in [-0.15, -0.1) is 16.4 Å². The Morgan fingerprint density at radius 3 is 2.67 bits per heavy atom. The monoisotopic (exact) mass is 385 g/mol. The van der Waals surface area contributed by atoms with Gasteiger partial charge in [-0.2, -0.15) is 0 Å². The molecule has 0 radical (unpaired) electrons. The van der Waals surface area contributed by atoms with Crippen LogP contribution in [-0.2, 0) is 4.79 Å². The zero-order valence-corrected chi connectivity index (χ0v) is 15.0. The van der Waals surface area contributed by atoms with Gasteiger partial charge in [0.1, 0.15) is 11.9 Å². The molecule has 0 aliphatic carbocycles. The molecule has 138 valence electrons. The third-order valence-electron chi connectivity index (χ3n) is 4.45. The van der Waals surface area contributed by atoms with Gasteiger partial charge in [0.15, 0.2) is 5.82 Å². The van der Waals surface area contributed by atoms with Crippen molar-refractivity contribution in [1.82, 2.24) is 19.7 Å². The molecule has 1 aliphatic rings. The van der Waals surface area contributed by atoms with Crippen molar-refractivity contribution >= 4 is 23.2 Å². The van der Waals surface area contributed by atoms with Crippen molar-refractivity contribution in [2.45, 2.75) is 18.9 Å². The van der Waals surface area contributed by atoms with E-state index in [1.54, 1.807) is 12.1 Å². The van der Waals surface area contributed by atoms with Gasteiger partial charge in [0.25, 0.3) is 5.91 Å². The number of amides is 2. The Morgan fingerprint density at radius 1 is 1.22 bits per heavy atom. The van der Waals surface area contributed by atoms with E-state index in [1.165, 1.54) is 33.1 Å². The molecule has 0 bridgehead atoms. The maximum Gasteiger partial charge on any atom is 0.294 e. The standard InChI is InChI=1S/C18H16FN5O2S/c19-11-5-7-12(8-6-11)24-17(14-4-2-10-27-14)21-16(22-24)18(26)23-9-1-3-13(23)15(20)25/h2,4-8,10,13H,1,3,9H2,(H2,20,25). The van der Waals surface area contributed by atoms with Crippen LogP contribution in [0.25, 0.3) is 16.4 Å². The van der Waals surface area contributed by atoms with Crippen molar-refractivity contribution in [3.63, 3.8) is 0 Å². The molecular formula is C18H16FN5O2S. The second kappa shape index (κ2) is 6.92. The van der Waals surface area contributed by atoms with Gasteiger partial charge in [-0.05, 0) is 48.6 Å². The summed E-state index contributed by atoms with van der Waals surface area (Å²) in [6.45, 7) is 0.436. The minimum Gasteiger partial charge on any atom is -0.368 e. The van der Waals surface area contributed by atoms with Crippen molar-refractivity contribution < 1.29 is 14.0 Å². The molecule has 2 aromatic heterocycles. The number of halogens is 1. The summed E-state index contributed by atoms with van der Waals surface area (Å²) < 4.78 is 14.8. The van der Waals surface area contributed by atoms with Crippen LogP contribution < -0.4 is 5.73 Å². The maximum absolute atomic E-state index is 13.3. The van der Waals surface area contributed by atoms with Crippen LogP contribution in [0.15, 0.2) is 41.8 Å². The molecular weight excluding hydrogens is 369 g/mol. The number of aromatic nitrogens is 3. The predicted molar refractivity (Wildman–Crippen MR) is 97.9 cm³/mol. The highest BCUT2D eigenvalue weighted by Crippen LogP contribution is 2.27. The summed E-state index contributed by atoms with van der Waals surface area (Å²) in [5.41, 5.74) is 5.99. The molecule has 9 heteroatoms. The molecule has 0 saturated carbocycles. The van der Waals surface area contributed by atoms with Gasteiger partial charge in [0.2, 0.25) is 11.7 Å². The number of carbonyl (C=O) groups excluding carboxylic acids is 2. The van der Waals surface area contributed by atoms with Crippen LogP contribution >= 0.6 is 11.3 Å². The summed E-state index contributed by atoms with van der Waals surface area (Å²) in [6.07, 6.45) is 1.24. The summed E-state index contributed by atoms with van der Waals surface area (Å²) in [5, 5.41) is 6.24. The van der Waals surface area contributed by atoms with E-state index in [4.69, 9.17) is 5.73 Å². The van der Waals surface area contributed by atoms with E-state index < -0.39 is 17.9 Å². The molecule has 2 amide bonds. The molecule has 1 aromatic carbocycles. The molecule has 3 aromatic rings. The second-order valence-corrected chi connectivity index (χ2v) is 7.13. The number of rotatable bonds is 4. The lowest BCUT2D eigenvalue weighted by Crippen LogP contribution is -2.44.